The number of benzene rings is 1. The Balaban J connectivity index is 1.84. The first-order valence-corrected chi connectivity index (χ1v) is 6.16. The molecule has 0 fully saturated rings. The van der Waals surface area contributed by atoms with Crippen molar-refractivity contribution in [3.63, 3.8) is 0 Å². The summed E-state index contributed by atoms with van der Waals surface area (Å²) < 4.78 is 0. The molecule has 0 aliphatic carbocycles. The van der Waals surface area contributed by atoms with Crippen LogP contribution in [0.4, 0.5) is 5.69 Å². The molecular weight excluding hydrogens is 216 g/mol. The summed E-state index contributed by atoms with van der Waals surface area (Å²) in [7, 11) is 0. The number of hydrogen-bond donors (Lipinski definition) is 2. The maximum absolute atomic E-state index is 5.72. The van der Waals surface area contributed by atoms with Crippen LogP contribution in [0.5, 0.6) is 0 Å². The van der Waals surface area contributed by atoms with Crippen LogP contribution in [0.2, 0.25) is 0 Å². The molecule has 0 aliphatic rings. The molecule has 2 aromatic rings. The number of thiophene rings is 1. The molecule has 3 heteroatoms. The highest BCUT2D eigenvalue weighted by Gasteiger charge is 1.97. The highest BCUT2D eigenvalue weighted by atomic mass is 32.1. The van der Waals surface area contributed by atoms with Crippen molar-refractivity contribution in [2.45, 2.75) is 20.0 Å². The molecule has 0 saturated heterocycles. The molecular formula is C13H16N2S. The van der Waals surface area contributed by atoms with Crippen molar-refractivity contribution >= 4 is 17.0 Å². The Morgan fingerprint density at radius 1 is 1.19 bits per heavy atom. The molecule has 2 rings (SSSR count). The lowest BCUT2D eigenvalue weighted by Gasteiger charge is -2.04. The number of nitrogen functional groups attached to an aromatic ring is 1. The van der Waals surface area contributed by atoms with Crippen molar-refractivity contribution in [2.75, 3.05) is 5.73 Å². The third-order valence-electron chi connectivity index (χ3n) is 2.38. The number of nitrogens with two attached hydrogens (primary N) is 1. The number of hydrogen-bond acceptors (Lipinski definition) is 3. The third-order valence-corrected chi connectivity index (χ3v) is 3.38. The van der Waals surface area contributed by atoms with Crippen LogP contribution in [0.3, 0.4) is 0 Å². The van der Waals surface area contributed by atoms with E-state index < -0.39 is 0 Å². The second-order valence-corrected chi connectivity index (χ2v) is 5.23. The van der Waals surface area contributed by atoms with Gasteiger partial charge in [0, 0.05) is 28.5 Å². The SMILES string of the molecule is Cc1ccc(CNCc2cccc(N)c2)s1. The summed E-state index contributed by atoms with van der Waals surface area (Å²) in [6.07, 6.45) is 0. The summed E-state index contributed by atoms with van der Waals surface area (Å²) in [6.45, 7) is 3.92. The highest BCUT2D eigenvalue weighted by Crippen LogP contribution is 2.14. The lowest BCUT2D eigenvalue weighted by atomic mass is 10.2. The molecule has 1 aromatic carbocycles. The molecule has 0 unspecified atom stereocenters. The molecule has 3 N–H and O–H groups in total. The van der Waals surface area contributed by atoms with Crippen LogP contribution in [0, 0.1) is 6.92 Å². The first-order valence-electron chi connectivity index (χ1n) is 5.34. The van der Waals surface area contributed by atoms with E-state index in [0.717, 1.165) is 18.8 Å². The fourth-order valence-corrected chi connectivity index (χ4v) is 2.47. The predicted octanol–water partition coefficient (Wildman–Crippen LogP) is 2.93. The normalized spacial score (nSPS) is 10.6. The molecule has 0 aliphatic heterocycles. The molecule has 0 atom stereocenters. The van der Waals surface area contributed by atoms with Gasteiger partial charge in [-0.3, -0.25) is 0 Å². The number of aryl methyl sites for hydroxylation is 1. The van der Waals surface area contributed by atoms with Crippen molar-refractivity contribution in [2.24, 2.45) is 0 Å². The van der Waals surface area contributed by atoms with Gasteiger partial charge in [0.05, 0.1) is 0 Å². The van der Waals surface area contributed by atoms with Crippen LogP contribution < -0.4 is 11.1 Å². The lowest BCUT2D eigenvalue weighted by Crippen LogP contribution is -2.11. The van der Waals surface area contributed by atoms with Crippen LogP contribution >= 0.6 is 11.3 Å². The second kappa shape index (κ2) is 5.14. The van der Waals surface area contributed by atoms with Gasteiger partial charge in [-0.1, -0.05) is 12.1 Å². The molecule has 1 aromatic heterocycles. The van der Waals surface area contributed by atoms with Crippen molar-refractivity contribution < 1.29 is 0 Å². The Hall–Kier alpha value is -1.32. The fourth-order valence-electron chi connectivity index (χ4n) is 1.61. The van der Waals surface area contributed by atoms with E-state index in [2.05, 4.69) is 30.4 Å². The summed E-state index contributed by atoms with van der Waals surface area (Å²) in [6, 6.07) is 12.3. The first-order chi connectivity index (χ1) is 7.74. The first kappa shape index (κ1) is 11.2. The highest BCUT2D eigenvalue weighted by molar-refractivity contribution is 7.11. The second-order valence-electron chi connectivity index (χ2n) is 3.86. The maximum atomic E-state index is 5.72. The molecule has 0 saturated carbocycles. The van der Waals surface area contributed by atoms with Crippen molar-refractivity contribution in [1.29, 1.82) is 0 Å². The van der Waals surface area contributed by atoms with Gasteiger partial charge in [-0.05, 0) is 36.8 Å². The van der Waals surface area contributed by atoms with Gasteiger partial charge in [0.15, 0.2) is 0 Å². The fraction of sp³-hybridized carbons (Fsp3) is 0.231. The van der Waals surface area contributed by atoms with Gasteiger partial charge in [-0.25, -0.2) is 0 Å². The van der Waals surface area contributed by atoms with E-state index in [1.165, 1.54) is 15.3 Å². The Morgan fingerprint density at radius 3 is 2.75 bits per heavy atom. The quantitative estimate of drug-likeness (QED) is 0.795. The van der Waals surface area contributed by atoms with Gasteiger partial charge >= 0.3 is 0 Å². The van der Waals surface area contributed by atoms with Gasteiger partial charge in [0.2, 0.25) is 0 Å². The molecule has 2 nitrogen and oxygen atoms in total. The van der Waals surface area contributed by atoms with Crippen LogP contribution in [0.1, 0.15) is 15.3 Å². The molecule has 0 spiro atoms. The maximum Gasteiger partial charge on any atom is 0.0317 e. The molecule has 0 bridgehead atoms. The Morgan fingerprint density at radius 2 is 2.06 bits per heavy atom. The molecule has 0 amide bonds. The van der Waals surface area contributed by atoms with E-state index >= 15 is 0 Å². The number of anilines is 1. The van der Waals surface area contributed by atoms with Crippen molar-refractivity contribution in [1.82, 2.24) is 5.32 Å². The minimum absolute atomic E-state index is 0.825. The Bertz CT molecular complexity index is 462. The van der Waals surface area contributed by atoms with E-state index in [1.807, 2.05) is 29.5 Å². The predicted molar refractivity (Wildman–Crippen MR) is 70.5 cm³/mol. The van der Waals surface area contributed by atoms with E-state index in [9.17, 15) is 0 Å². The minimum Gasteiger partial charge on any atom is -0.399 e. The van der Waals surface area contributed by atoms with E-state index in [1.54, 1.807) is 0 Å². The van der Waals surface area contributed by atoms with Gasteiger partial charge in [-0.15, -0.1) is 11.3 Å². The largest absolute Gasteiger partial charge is 0.399 e. The number of nitrogens with one attached hydrogen (secondary N) is 1. The Labute approximate surface area is 100 Å². The summed E-state index contributed by atoms with van der Waals surface area (Å²) in [4.78, 5) is 2.74. The average molecular weight is 232 g/mol. The van der Waals surface area contributed by atoms with Crippen molar-refractivity contribution in [3.8, 4) is 0 Å². The van der Waals surface area contributed by atoms with Gasteiger partial charge < -0.3 is 11.1 Å². The average Bonchev–Trinajstić information content (AvgIpc) is 2.64. The zero-order chi connectivity index (χ0) is 11.4. The summed E-state index contributed by atoms with van der Waals surface area (Å²) in [5.41, 5.74) is 7.77. The third kappa shape index (κ3) is 3.08. The van der Waals surface area contributed by atoms with Crippen LogP contribution in [0.15, 0.2) is 36.4 Å². The summed E-state index contributed by atoms with van der Waals surface area (Å²) in [5, 5.41) is 3.41. The topological polar surface area (TPSA) is 38.0 Å². The summed E-state index contributed by atoms with van der Waals surface area (Å²) >= 11 is 1.84. The molecule has 84 valence electrons. The standard InChI is InChI=1S/C13H16N2S/c1-10-5-6-13(16-10)9-15-8-11-3-2-4-12(14)7-11/h2-7,15H,8-9,14H2,1H3. The van der Waals surface area contributed by atoms with E-state index in [-0.39, 0.29) is 0 Å². The van der Waals surface area contributed by atoms with Crippen LogP contribution in [-0.4, -0.2) is 0 Å². The molecule has 0 radical (unpaired) electrons. The van der Waals surface area contributed by atoms with Gasteiger partial charge in [0.1, 0.15) is 0 Å². The molecule has 1 heterocycles. The smallest absolute Gasteiger partial charge is 0.0317 e. The zero-order valence-corrected chi connectivity index (χ0v) is 10.2. The van der Waals surface area contributed by atoms with Gasteiger partial charge in [-0.2, -0.15) is 0 Å². The van der Waals surface area contributed by atoms with E-state index in [4.69, 9.17) is 5.73 Å². The number of rotatable bonds is 4. The summed E-state index contributed by atoms with van der Waals surface area (Å²) in [5.74, 6) is 0. The van der Waals surface area contributed by atoms with E-state index in [0.29, 0.717) is 0 Å². The monoisotopic (exact) mass is 232 g/mol. The lowest BCUT2D eigenvalue weighted by molar-refractivity contribution is 0.701. The van der Waals surface area contributed by atoms with Gasteiger partial charge in [0.25, 0.3) is 0 Å². The van der Waals surface area contributed by atoms with Crippen molar-refractivity contribution in [3.05, 3.63) is 51.7 Å². The van der Waals surface area contributed by atoms with Crippen LogP contribution in [0.25, 0.3) is 0 Å². The van der Waals surface area contributed by atoms with Crippen LogP contribution in [-0.2, 0) is 13.1 Å². The zero-order valence-electron chi connectivity index (χ0n) is 9.36. The Kier molecular flexibility index (Phi) is 3.59. The molecule has 16 heavy (non-hydrogen) atoms. The minimum atomic E-state index is 0.825.